The van der Waals surface area contributed by atoms with E-state index in [0.717, 1.165) is 6.42 Å². The van der Waals surface area contributed by atoms with Gasteiger partial charge >= 0.3 is 0 Å². The Morgan fingerprint density at radius 1 is 1.21 bits per heavy atom. The number of ether oxygens (including phenoxy) is 2. The Bertz CT molecular complexity index is 843. The Hall–Kier alpha value is -2.17. The van der Waals surface area contributed by atoms with Crippen molar-refractivity contribution in [3.63, 3.8) is 0 Å². The maximum Gasteiger partial charge on any atom is 0.251 e. The maximum absolute atomic E-state index is 13.1. The van der Waals surface area contributed by atoms with E-state index in [1.54, 1.807) is 11.0 Å². The smallest absolute Gasteiger partial charge is 0.251 e. The van der Waals surface area contributed by atoms with Crippen LogP contribution in [-0.4, -0.2) is 75.4 Å². The number of carbonyl (C=O) groups is 2. The molecule has 2 heterocycles. The van der Waals surface area contributed by atoms with Crippen LogP contribution >= 0.6 is 0 Å². The number of methoxy groups -OCH3 is 1. The molecule has 2 fully saturated rings. The third kappa shape index (κ3) is 4.29. The molecule has 1 aromatic rings. The van der Waals surface area contributed by atoms with Crippen LogP contribution in [0.5, 0.6) is 5.75 Å². The molecule has 0 aromatic heterocycles. The molecule has 1 aromatic carbocycles. The summed E-state index contributed by atoms with van der Waals surface area (Å²) >= 11 is 0. The largest absolute Gasteiger partial charge is 0.495 e. The van der Waals surface area contributed by atoms with E-state index in [1.807, 2.05) is 0 Å². The van der Waals surface area contributed by atoms with Crippen LogP contribution in [0, 0.1) is 0 Å². The van der Waals surface area contributed by atoms with Crippen LogP contribution in [0.3, 0.4) is 0 Å². The topological polar surface area (TPSA) is 105 Å². The van der Waals surface area contributed by atoms with Gasteiger partial charge in [0, 0.05) is 45.4 Å². The molecule has 2 aliphatic rings. The fourth-order valence-corrected chi connectivity index (χ4v) is 5.03. The van der Waals surface area contributed by atoms with Crippen LogP contribution in [0.1, 0.15) is 19.8 Å². The molecule has 0 radical (unpaired) electrons. The highest BCUT2D eigenvalue weighted by Gasteiger charge is 2.35. The normalized spacial score (nSPS) is 20.8. The average molecular weight is 411 g/mol. The standard InChI is InChI=1S/C18H25N3O6S/c1-13(22)19-14-5-6-15(26-2)17(12-14)28(24,25)21-9-7-20(8-10-21)18(23)16-4-3-11-27-16/h5-6,12,16H,3-4,7-11H2,1-2H3,(H,19,22)/t16-/m0/s1. The number of sulfonamides is 1. The maximum atomic E-state index is 13.1. The van der Waals surface area contributed by atoms with Gasteiger partial charge in [-0.3, -0.25) is 9.59 Å². The molecule has 0 bridgehead atoms. The van der Waals surface area contributed by atoms with E-state index in [9.17, 15) is 18.0 Å². The van der Waals surface area contributed by atoms with Crippen molar-refractivity contribution in [1.82, 2.24) is 9.21 Å². The first-order valence-electron chi connectivity index (χ1n) is 9.19. The molecule has 2 amide bonds. The summed E-state index contributed by atoms with van der Waals surface area (Å²) in [5, 5.41) is 2.58. The summed E-state index contributed by atoms with van der Waals surface area (Å²) in [5.74, 6) is -0.165. The van der Waals surface area contributed by atoms with Crippen molar-refractivity contribution in [2.75, 3.05) is 45.2 Å². The van der Waals surface area contributed by atoms with Gasteiger partial charge in [-0.1, -0.05) is 0 Å². The Labute approximate surface area is 164 Å². The monoisotopic (exact) mass is 411 g/mol. The Kier molecular flexibility index (Phi) is 6.21. The molecule has 9 nitrogen and oxygen atoms in total. The van der Waals surface area contributed by atoms with Gasteiger partial charge in [0.05, 0.1) is 7.11 Å². The van der Waals surface area contributed by atoms with Crippen molar-refractivity contribution in [2.24, 2.45) is 0 Å². The van der Waals surface area contributed by atoms with Gasteiger partial charge in [-0.2, -0.15) is 4.31 Å². The second-order valence-electron chi connectivity index (χ2n) is 6.78. The number of hydrogen-bond donors (Lipinski definition) is 1. The van der Waals surface area contributed by atoms with E-state index in [0.29, 0.717) is 31.8 Å². The molecule has 0 aliphatic carbocycles. The number of rotatable bonds is 5. The van der Waals surface area contributed by atoms with Crippen LogP contribution in [0.2, 0.25) is 0 Å². The van der Waals surface area contributed by atoms with Crippen molar-refractivity contribution in [1.29, 1.82) is 0 Å². The van der Waals surface area contributed by atoms with Crippen LogP contribution < -0.4 is 10.1 Å². The van der Waals surface area contributed by atoms with Crippen molar-refractivity contribution in [3.05, 3.63) is 18.2 Å². The first-order valence-corrected chi connectivity index (χ1v) is 10.6. The van der Waals surface area contributed by atoms with Crippen LogP contribution in [0.4, 0.5) is 5.69 Å². The highest BCUT2D eigenvalue weighted by atomic mass is 32.2. The van der Waals surface area contributed by atoms with Crippen LogP contribution in [0.25, 0.3) is 0 Å². The Morgan fingerprint density at radius 3 is 2.50 bits per heavy atom. The number of amides is 2. The summed E-state index contributed by atoms with van der Waals surface area (Å²) in [5.41, 5.74) is 0.374. The van der Waals surface area contributed by atoms with Gasteiger partial charge in [-0.15, -0.1) is 0 Å². The molecular formula is C18H25N3O6S. The molecule has 0 spiro atoms. The lowest BCUT2D eigenvalue weighted by molar-refractivity contribution is -0.142. The highest BCUT2D eigenvalue weighted by Crippen LogP contribution is 2.30. The zero-order valence-corrected chi connectivity index (χ0v) is 16.8. The number of carbonyl (C=O) groups excluding carboxylic acids is 2. The van der Waals surface area contributed by atoms with Crippen molar-refractivity contribution < 1.29 is 27.5 Å². The molecule has 2 aliphatic heterocycles. The molecule has 0 saturated carbocycles. The third-order valence-corrected chi connectivity index (χ3v) is 6.78. The quantitative estimate of drug-likeness (QED) is 0.763. The summed E-state index contributed by atoms with van der Waals surface area (Å²) in [6.45, 7) is 2.94. The zero-order valence-electron chi connectivity index (χ0n) is 16.0. The van der Waals surface area contributed by atoms with E-state index < -0.39 is 16.1 Å². The van der Waals surface area contributed by atoms with Gasteiger partial charge in [0.2, 0.25) is 15.9 Å². The molecule has 154 valence electrons. The Morgan fingerprint density at radius 2 is 1.93 bits per heavy atom. The Balaban J connectivity index is 1.74. The lowest BCUT2D eigenvalue weighted by Crippen LogP contribution is -2.52. The fraction of sp³-hybridized carbons (Fsp3) is 0.556. The van der Waals surface area contributed by atoms with Crippen molar-refractivity contribution in [3.8, 4) is 5.75 Å². The van der Waals surface area contributed by atoms with E-state index >= 15 is 0 Å². The molecule has 1 N–H and O–H groups in total. The third-order valence-electron chi connectivity index (χ3n) is 4.86. The summed E-state index contributed by atoms with van der Waals surface area (Å²) < 4.78 is 38.3. The SMILES string of the molecule is COc1ccc(NC(C)=O)cc1S(=O)(=O)N1CCN(C(=O)[C@@H]2CCCO2)CC1. The number of nitrogens with zero attached hydrogens (tertiary/aromatic N) is 2. The fourth-order valence-electron chi connectivity index (χ4n) is 3.42. The minimum absolute atomic E-state index is 0.0137. The van der Waals surface area contributed by atoms with E-state index in [2.05, 4.69) is 5.32 Å². The van der Waals surface area contributed by atoms with Crippen LogP contribution in [0.15, 0.2) is 23.1 Å². The van der Waals surface area contributed by atoms with Gasteiger partial charge in [0.25, 0.3) is 5.91 Å². The zero-order chi connectivity index (χ0) is 20.3. The number of piperazine rings is 1. The molecule has 28 heavy (non-hydrogen) atoms. The van der Waals surface area contributed by atoms with Crippen LogP contribution in [-0.2, 0) is 24.3 Å². The van der Waals surface area contributed by atoms with Gasteiger partial charge < -0.3 is 19.7 Å². The number of anilines is 1. The summed E-state index contributed by atoms with van der Waals surface area (Å²) in [7, 11) is -2.45. The molecule has 3 rings (SSSR count). The molecule has 10 heteroatoms. The summed E-state index contributed by atoms with van der Waals surface area (Å²) in [6.07, 6.45) is 1.18. The molecule has 0 unspecified atom stereocenters. The first-order chi connectivity index (χ1) is 13.3. The predicted octanol–water partition coefficient (Wildman–Crippen LogP) is 0.665. The van der Waals surface area contributed by atoms with E-state index in [4.69, 9.17) is 9.47 Å². The van der Waals surface area contributed by atoms with Crippen molar-refractivity contribution in [2.45, 2.75) is 30.8 Å². The van der Waals surface area contributed by atoms with Gasteiger partial charge in [0.1, 0.15) is 16.7 Å². The lowest BCUT2D eigenvalue weighted by atomic mass is 10.2. The summed E-state index contributed by atoms with van der Waals surface area (Å²) in [4.78, 5) is 25.4. The minimum Gasteiger partial charge on any atom is -0.495 e. The number of benzene rings is 1. The highest BCUT2D eigenvalue weighted by molar-refractivity contribution is 7.89. The average Bonchev–Trinajstić information content (AvgIpc) is 3.22. The minimum atomic E-state index is -3.84. The van der Waals surface area contributed by atoms with E-state index in [1.165, 1.54) is 30.5 Å². The first kappa shape index (κ1) is 20.6. The number of nitrogens with one attached hydrogen (secondary N) is 1. The van der Waals surface area contributed by atoms with E-state index in [-0.39, 0.29) is 35.5 Å². The van der Waals surface area contributed by atoms with Gasteiger partial charge in [-0.05, 0) is 31.0 Å². The molecule has 1 atom stereocenters. The molecular weight excluding hydrogens is 386 g/mol. The second kappa shape index (κ2) is 8.46. The van der Waals surface area contributed by atoms with Gasteiger partial charge in [0.15, 0.2) is 0 Å². The molecule has 2 saturated heterocycles. The number of hydrogen-bond acceptors (Lipinski definition) is 6. The van der Waals surface area contributed by atoms with Crippen molar-refractivity contribution >= 4 is 27.5 Å². The predicted molar refractivity (Wildman–Crippen MR) is 102 cm³/mol. The van der Waals surface area contributed by atoms with Gasteiger partial charge in [-0.25, -0.2) is 8.42 Å². The summed E-state index contributed by atoms with van der Waals surface area (Å²) in [6, 6.07) is 4.48. The second-order valence-corrected chi connectivity index (χ2v) is 8.68. The lowest BCUT2D eigenvalue weighted by Gasteiger charge is -2.35.